The number of nitrogen functional groups attached to an aromatic ring is 1. The number of aromatic nitrogens is 4. The molecule has 0 amide bonds. The molecule has 10 atom stereocenters. The Bertz CT molecular complexity index is 1760. The monoisotopic (exact) mass is 727 g/mol. The maximum atomic E-state index is 13.1. The van der Waals surface area contributed by atoms with E-state index in [0.29, 0.717) is 11.2 Å². The summed E-state index contributed by atoms with van der Waals surface area (Å²) in [5, 5.41) is 0. The van der Waals surface area contributed by atoms with Crippen molar-refractivity contribution in [1.82, 2.24) is 19.5 Å². The number of fused-ring (bicyclic) bond motifs is 3. The fourth-order valence-corrected chi connectivity index (χ4v) is 9.64. The molecule has 4 N–H and O–H groups in total. The SMILES string of the molecule is CC1(C)OC2C(O1)[C@@H](COP(=O)(O)CP(=O)(O)OC[C@H]1O[C@@H](n3cnc4c(N)ncnc43)C3OC(C)(C)OC31)O[C@H]2OCc1ccccc1. The largest absolute Gasteiger partial charge is 0.382 e. The van der Waals surface area contributed by atoms with Gasteiger partial charge in [0.15, 0.2) is 41.5 Å². The molecule has 4 aliphatic heterocycles. The average molecular weight is 728 g/mol. The van der Waals surface area contributed by atoms with Crippen LogP contribution in [0.4, 0.5) is 5.82 Å². The van der Waals surface area contributed by atoms with Crippen molar-refractivity contribution in [3.05, 3.63) is 48.5 Å². The minimum absolute atomic E-state index is 0.183. The standard InChI is InChI=1S/C29H39N5O13P2/c1-28(2)44-20-17(42-26(22(20)46-28)34-14-33-19-24(30)31-13-32-25(19)34)11-40-48(35,36)15-49(37,38)41-12-18-21-23(47-29(3,4)45-21)27(43-18)39-10-16-8-6-5-7-9-16/h5-9,13-14,17-18,20-23,26-27H,10-12,15H2,1-4H3,(H,35,36)(H,37,38)(H2,30,31,32)/t17-,18-,20?,21?,22?,23?,26-,27-/m1/s1. The van der Waals surface area contributed by atoms with Crippen LogP contribution in [0.3, 0.4) is 0 Å². The molecule has 7 rings (SSSR count). The van der Waals surface area contributed by atoms with Crippen LogP contribution in [0, 0.1) is 0 Å². The van der Waals surface area contributed by atoms with Crippen molar-refractivity contribution in [2.45, 2.75) is 95.0 Å². The van der Waals surface area contributed by atoms with Gasteiger partial charge >= 0.3 is 15.2 Å². The molecule has 268 valence electrons. The molecular formula is C29H39N5O13P2. The number of rotatable bonds is 12. The van der Waals surface area contributed by atoms with Gasteiger partial charge in [0.1, 0.15) is 48.5 Å². The summed E-state index contributed by atoms with van der Waals surface area (Å²) in [7, 11) is -9.41. The zero-order valence-corrected chi connectivity index (χ0v) is 28.9. The molecule has 4 fully saturated rings. The third-order valence-corrected chi connectivity index (χ3v) is 12.4. The molecule has 4 aliphatic rings. The van der Waals surface area contributed by atoms with Crippen LogP contribution < -0.4 is 5.73 Å². The zero-order valence-electron chi connectivity index (χ0n) is 27.1. The minimum atomic E-state index is -4.71. The second-order valence-electron chi connectivity index (χ2n) is 13.1. The Kier molecular flexibility index (Phi) is 9.27. The van der Waals surface area contributed by atoms with E-state index in [1.165, 1.54) is 12.7 Å². The van der Waals surface area contributed by atoms with Crippen LogP contribution >= 0.6 is 15.2 Å². The van der Waals surface area contributed by atoms with Crippen molar-refractivity contribution in [2.24, 2.45) is 0 Å². The molecule has 18 nitrogen and oxygen atoms in total. The van der Waals surface area contributed by atoms with Crippen LogP contribution in [0.5, 0.6) is 0 Å². The highest BCUT2D eigenvalue weighted by atomic mass is 31.2. The smallest absolute Gasteiger partial charge is 0.340 e. The molecule has 0 bridgehead atoms. The molecule has 0 saturated carbocycles. The van der Waals surface area contributed by atoms with Gasteiger partial charge in [-0.05, 0) is 33.3 Å². The van der Waals surface area contributed by atoms with E-state index in [0.717, 1.165) is 5.56 Å². The summed E-state index contributed by atoms with van der Waals surface area (Å²) in [6.07, 6.45) is -3.38. The lowest BCUT2D eigenvalue weighted by Crippen LogP contribution is -2.33. The van der Waals surface area contributed by atoms with E-state index in [4.69, 9.17) is 47.9 Å². The van der Waals surface area contributed by atoms with Crippen molar-refractivity contribution in [3.8, 4) is 0 Å². The molecule has 2 aromatic heterocycles. The van der Waals surface area contributed by atoms with E-state index in [9.17, 15) is 18.9 Å². The van der Waals surface area contributed by atoms with Gasteiger partial charge in [-0.15, -0.1) is 0 Å². The van der Waals surface area contributed by atoms with Gasteiger partial charge < -0.3 is 57.7 Å². The molecule has 1 aromatic carbocycles. The van der Waals surface area contributed by atoms with Gasteiger partial charge in [0.25, 0.3) is 0 Å². The van der Waals surface area contributed by atoms with Crippen molar-refractivity contribution in [3.63, 3.8) is 0 Å². The number of benzene rings is 1. The summed E-state index contributed by atoms with van der Waals surface area (Å²) >= 11 is 0. The third kappa shape index (κ3) is 7.48. The number of anilines is 1. The summed E-state index contributed by atoms with van der Waals surface area (Å²) in [6.45, 7) is 6.24. The summed E-state index contributed by atoms with van der Waals surface area (Å²) < 4.78 is 80.6. The highest BCUT2D eigenvalue weighted by molar-refractivity contribution is 7.70. The minimum Gasteiger partial charge on any atom is -0.382 e. The Morgan fingerprint density at radius 1 is 0.837 bits per heavy atom. The van der Waals surface area contributed by atoms with Crippen LogP contribution in [0.2, 0.25) is 0 Å². The number of hydrogen-bond donors (Lipinski definition) is 3. The molecule has 6 heterocycles. The maximum absolute atomic E-state index is 13.1. The van der Waals surface area contributed by atoms with Gasteiger partial charge in [0.05, 0.1) is 26.1 Å². The summed E-state index contributed by atoms with van der Waals surface area (Å²) in [5.74, 6) is -2.97. The topological polar surface area (TPSA) is 227 Å². The predicted octanol–water partition coefficient (Wildman–Crippen LogP) is 2.65. The number of hydrogen-bond acceptors (Lipinski definition) is 15. The molecule has 6 unspecified atom stereocenters. The summed E-state index contributed by atoms with van der Waals surface area (Å²) in [5.41, 5.74) is 7.61. The molecule has 20 heteroatoms. The highest BCUT2D eigenvalue weighted by Crippen LogP contribution is 2.59. The second-order valence-corrected chi connectivity index (χ2v) is 17.3. The van der Waals surface area contributed by atoms with Crippen LogP contribution in [0.25, 0.3) is 11.2 Å². The first-order valence-corrected chi connectivity index (χ1v) is 19.1. The first kappa shape index (κ1) is 35.0. The second kappa shape index (κ2) is 13.0. The Hall–Kier alpha value is -2.41. The summed E-state index contributed by atoms with van der Waals surface area (Å²) in [4.78, 5) is 33.8. The van der Waals surface area contributed by atoms with E-state index >= 15 is 0 Å². The highest BCUT2D eigenvalue weighted by Gasteiger charge is 2.58. The molecular weight excluding hydrogens is 688 g/mol. The van der Waals surface area contributed by atoms with Gasteiger partial charge in [-0.2, -0.15) is 0 Å². The average Bonchev–Trinajstić information content (AvgIpc) is 3.80. The molecule has 3 aromatic rings. The fourth-order valence-electron chi connectivity index (χ4n) is 6.42. The quantitative estimate of drug-likeness (QED) is 0.228. The zero-order chi connectivity index (χ0) is 34.8. The van der Waals surface area contributed by atoms with Crippen LogP contribution in [-0.4, -0.2) is 103 Å². The van der Waals surface area contributed by atoms with E-state index in [1.54, 1.807) is 32.3 Å². The molecule has 4 saturated heterocycles. The molecule has 49 heavy (non-hydrogen) atoms. The van der Waals surface area contributed by atoms with Crippen LogP contribution in [0.1, 0.15) is 39.5 Å². The van der Waals surface area contributed by atoms with Gasteiger partial charge in [0.2, 0.25) is 0 Å². The number of nitrogens with two attached hydrogens (primary N) is 1. The van der Waals surface area contributed by atoms with Gasteiger partial charge in [0, 0.05) is 0 Å². The Morgan fingerprint density at radius 2 is 1.43 bits per heavy atom. The molecule has 0 radical (unpaired) electrons. The lowest BCUT2D eigenvalue weighted by Gasteiger charge is -2.25. The van der Waals surface area contributed by atoms with E-state index in [2.05, 4.69) is 15.0 Å². The number of nitrogens with zero attached hydrogens (tertiary/aromatic N) is 4. The first-order chi connectivity index (χ1) is 23.1. The third-order valence-electron chi connectivity index (χ3n) is 8.39. The van der Waals surface area contributed by atoms with E-state index in [-0.39, 0.29) is 12.4 Å². The van der Waals surface area contributed by atoms with Crippen molar-refractivity contribution < 1.29 is 61.1 Å². The van der Waals surface area contributed by atoms with Gasteiger partial charge in [-0.1, -0.05) is 30.3 Å². The first-order valence-electron chi connectivity index (χ1n) is 15.6. The van der Waals surface area contributed by atoms with Crippen LogP contribution in [-0.2, 0) is 57.9 Å². The number of ether oxygens (including phenoxy) is 7. The molecule has 0 spiro atoms. The fraction of sp³-hybridized carbons (Fsp3) is 0.621. The maximum Gasteiger partial charge on any atom is 0.340 e. The Balaban J connectivity index is 0.967. The van der Waals surface area contributed by atoms with Crippen molar-refractivity contribution in [1.29, 1.82) is 0 Å². The Labute approximate surface area is 281 Å². The normalized spacial score (nSPS) is 34.1. The van der Waals surface area contributed by atoms with Gasteiger partial charge in [-0.25, -0.2) is 15.0 Å². The summed E-state index contributed by atoms with van der Waals surface area (Å²) in [6, 6.07) is 9.46. The van der Waals surface area contributed by atoms with Crippen molar-refractivity contribution >= 4 is 32.2 Å². The number of imidazole rings is 1. The van der Waals surface area contributed by atoms with Gasteiger partial charge in [-0.3, -0.25) is 13.7 Å². The van der Waals surface area contributed by atoms with Crippen LogP contribution in [0.15, 0.2) is 43.0 Å². The Morgan fingerprint density at radius 3 is 2.10 bits per heavy atom. The van der Waals surface area contributed by atoms with Crippen molar-refractivity contribution in [2.75, 3.05) is 24.9 Å². The van der Waals surface area contributed by atoms with E-state index < -0.39 is 95.0 Å². The van der Waals surface area contributed by atoms with E-state index in [1.807, 2.05) is 30.3 Å². The lowest BCUT2D eigenvalue weighted by atomic mass is 10.1. The predicted molar refractivity (Wildman–Crippen MR) is 168 cm³/mol. The lowest BCUT2D eigenvalue weighted by molar-refractivity contribution is -0.238. The molecule has 0 aliphatic carbocycles.